The molecule has 1 rings (SSSR count). The molecule has 3 N–H and O–H groups in total. The van der Waals surface area contributed by atoms with E-state index in [2.05, 4.69) is 0 Å². The van der Waals surface area contributed by atoms with Crippen LogP contribution in [0.5, 0.6) is 0 Å². The van der Waals surface area contributed by atoms with Crippen LogP contribution in [0.3, 0.4) is 0 Å². The van der Waals surface area contributed by atoms with Crippen molar-refractivity contribution in [2.75, 3.05) is 5.73 Å². The summed E-state index contributed by atoms with van der Waals surface area (Å²) in [5.74, 6) is -1.10. The Morgan fingerprint density at radius 1 is 1.67 bits per heavy atom. The number of hydrogen-bond donors (Lipinski definition) is 2. The van der Waals surface area contributed by atoms with Gasteiger partial charge in [0, 0.05) is 13.2 Å². The number of aromatic carboxylic acids is 1. The first-order valence-corrected chi connectivity index (χ1v) is 3.22. The lowest BCUT2D eigenvalue weighted by Crippen LogP contribution is -2.21. The Kier molecular flexibility index (Phi) is 1.86. The van der Waals surface area contributed by atoms with Gasteiger partial charge in [0.05, 0.1) is 11.3 Å². The van der Waals surface area contributed by atoms with E-state index in [1.807, 2.05) is 0 Å². The van der Waals surface area contributed by atoms with Crippen LogP contribution in [0.25, 0.3) is 0 Å². The second-order valence-electron chi connectivity index (χ2n) is 2.41. The second-order valence-corrected chi connectivity index (χ2v) is 2.41. The van der Waals surface area contributed by atoms with Crippen molar-refractivity contribution in [1.29, 1.82) is 0 Å². The highest BCUT2D eigenvalue weighted by Gasteiger charge is 2.06. The van der Waals surface area contributed by atoms with E-state index in [1.54, 1.807) is 0 Å². The largest absolute Gasteiger partial charge is 0.478 e. The van der Waals surface area contributed by atoms with Crippen molar-refractivity contribution in [2.24, 2.45) is 7.05 Å². The van der Waals surface area contributed by atoms with Gasteiger partial charge in [-0.2, -0.15) is 0 Å². The summed E-state index contributed by atoms with van der Waals surface area (Å²) in [5, 5.41) is 8.55. The molecule has 1 heterocycles. The van der Waals surface area contributed by atoms with Gasteiger partial charge in [0.1, 0.15) is 0 Å². The Morgan fingerprint density at radius 2 is 2.25 bits per heavy atom. The summed E-state index contributed by atoms with van der Waals surface area (Å²) in [5.41, 5.74) is 4.82. The maximum atomic E-state index is 11.0. The predicted octanol–water partition coefficient (Wildman–Crippen LogP) is -0.334. The zero-order chi connectivity index (χ0) is 9.30. The number of carboxylic acid groups (broad SMARTS) is 1. The van der Waals surface area contributed by atoms with Gasteiger partial charge in [0.2, 0.25) is 0 Å². The number of aromatic nitrogens is 1. The Bertz CT molecular complexity index is 354. The van der Waals surface area contributed by atoms with E-state index >= 15 is 0 Å². The lowest BCUT2D eigenvalue weighted by molar-refractivity contribution is 0.0696. The van der Waals surface area contributed by atoms with Crippen LogP contribution in [0.15, 0.2) is 17.1 Å². The van der Waals surface area contributed by atoms with Crippen LogP contribution in [0.1, 0.15) is 10.4 Å². The van der Waals surface area contributed by atoms with Crippen molar-refractivity contribution in [3.05, 3.63) is 28.2 Å². The minimum absolute atomic E-state index is 0.00889. The zero-order valence-corrected chi connectivity index (χ0v) is 6.44. The Balaban J connectivity index is 3.41. The number of rotatable bonds is 1. The molecular weight excluding hydrogens is 160 g/mol. The fourth-order valence-electron chi connectivity index (χ4n) is 0.854. The van der Waals surface area contributed by atoms with Crippen LogP contribution < -0.4 is 11.3 Å². The predicted molar refractivity (Wildman–Crippen MR) is 43.1 cm³/mol. The molecule has 5 heteroatoms. The summed E-state index contributed by atoms with van der Waals surface area (Å²) in [6.45, 7) is 0. The van der Waals surface area contributed by atoms with Crippen LogP contribution in [-0.2, 0) is 7.05 Å². The van der Waals surface area contributed by atoms with Crippen molar-refractivity contribution in [1.82, 2.24) is 4.57 Å². The van der Waals surface area contributed by atoms with Gasteiger partial charge < -0.3 is 15.4 Å². The molecule has 64 valence electrons. The number of aryl methyl sites for hydroxylation is 1. The Morgan fingerprint density at radius 3 is 2.67 bits per heavy atom. The molecule has 0 aliphatic heterocycles. The van der Waals surface area contributed by atoms with Crippen molar-refractivity contribution in [3.63, 3.8) is 0 Å². The van der Waals surface area contributed by atoms with E-state index < -0.39 is 5.97 Å². The van der Waals surface area contributed by atoms with Gasteiger partial charge in [-0.05, 0) is 6.07 Å². The average molecular weight is 168 g/mol. The van der Waals surface area contributed by atoms with E-state index in [-0.39, 0.29) is 16.8 Å². The molecule has 0 fully saturated rings. The van der Waals surface area contributed by atoms with Crippen LogP contribution in [0.2, 0.25) is 0 Å². The number of anilines is 1. The smallest absolute Gasteiger partial charge is 0.337 e. The summed E-state index contributed by atoms with van der Waals surface area (Å²) in [6, 6.07) is 1.14. The lowest BCUT2D eigenvalue weighted by atomic mass is 10.2. The van der Waals surface area contributed by atoms with Gasteiger partial charge in [0.25, 0.3) is 5.56 Å². The highest BCUT2D eigenvalue weighted by Crippen LogP contribution is 2.00. The van der Waals surface area contributed by atoms with Crippen molar-refractivity contribution in [2.45, 2.75) is 0 Å². The Labute approximate surface area is 68.0 Å². The monoisotopic (exact) mass is 168 g/mol. The molecule has 0 radical (unpaired) electrons. The third kappa shape index (κ3) is 1.29. The lowest BCUT2D eigenvalue weighted by Gasteiger charge is -2.00. The summed E-state index contributed by atoms with van der Waals surface area (Å²) < 4.78 is 1.14. The summed E-state index contributed by atoms with van der Waals surface area (Å²) >= 11 is 0. The van der Waals surface area contributed by atoms with Crippen LogP contribution in [-0.4, -0.2) is 15.6 Å². The van der Waals surface area contributed by atoms with Gasteiger partial charge in [0.15, 0.2) is 0 Å². The van der Waals surface area contributed by atoms with Gasteiger partial charge in [-0.1, -0.05) is 0 Å². The second kappa shape index (κ2) is 2.69. The van der Waals surface area contributed by atoms with Crippen molar-refractivity contribution < 1.29 is 9.90 Å². The number of nitrogens with zero attached hydrogens (tertiary/aromatic N) is 1. The first kappa shape index (κ1) is 8.32. The third-order valence-electron chi connectivity index (χ3n) is 1.46. The number of carbonyl (C=O) groups is 1. The van der Waals surface area contributed by atoms with Gasteiger partial charge in [-0.3, -0.25) is 4.79 Å². The van der Waals surface area contributed by atoms with Crippen molar-refractivity contribution in [3.8, 4) is 0 Å². The molecule has 0 atom stereocenters. The number of pyridine rings is 1. The maximum Gasteiger partial charge on any atom is 0.337 e. The fraction of sp³-hybridized carbons (Fsp3) is 0.143. The van der Waals surface area contributed by atoms with Gasteiger partial charge in [-0.15, -0.1) is 0 Å². The molecule has 1 aromatic heterocycles. The normalized spacial score (nSPS) is 9.75. The molecule has 0 saturated carbocycles. The van der Waals surface area contributed by atoms with E-state index in [0.29, 0.717) is 0 Å². The van der Waals surface area contributed by atoms with E-state index in [0.717, 1.165) is 10.6 Å². The van der Waals surface area contributed by atoms with Crippen molar-refractivity contribution >= 4 is 11.7 Å². The molecule has 0 bridgehead atoms. The number of nitrogens with two attached hydrogens (primary N) is 1. The molecule has 0 aliphatic carbocycles. The quantitative estimate of drug-likeness (QED) is 0.601. The molecule has 0 saturated heterocycles. The number of hydrogen-bond acceptors (Lipinski definition) is 3. The molecule has 0 aromatic carbocycles. The van der Waals surface area contributed by atoms with Gasteiger partial charge >= 0.3 is 5.97 Å². The molecule has 0 amide bonds. The van der Waals surface area contributed by atoms with Crippen LogP contribution in [0, 0.1) is 0 Å². The minimum Gasteiger partial charge on any atom is -0.478 e. The van der Waals surface area contributed by atoms with Crippen LogP contribution >= 0.6 is 0 Å². The standard InChI is InChI=1S/C7H8N2O3/c1-9-3-4(7(11)12)2-5(8)6(9)10/h2-3H,8H2,1H3,(H,11,12). The minimum atomic E-state index is -1.10. The molecule has 12 heavy (non-hydrogen) atoms. The highest BCUT2D eigenvalue weighted by atomic mass is 16.4. The molecule has 0 spiro atoms. The van der Waals surface area contributed by atoms with Crippen LogP contribution in [0.4, 0.5) is 5.69 Å². The number of carboxylic acids is 1. The first-order chi connectivity index (χ1) is 5.52. The topological polar surface area (TPSA) is 85.3 Å². The molecule has 5 nitrogen and oxygen atoms in total. The molecule has 1 aromatic rings. The summed E-state index contributed by atoms with van der Waals surface area (Å²) in [6.07, 6.45) is 1.22. The maximum absolute atomic E-state index is 11.0. The summed E-state index contributed by atoms with van der Waals surface area (Å²) in [4.78, 5) is 21.4. The molecule has 0 unspecified atom stereocenters. The summed E-state index contributed by atoms with van der Waals surface area (Å²) in [7, 11) is 1.45. The fourth-order valence-corrected chi connectivity index (χ4v) is 0.854. The zero-order valence-electron chi connectivity index (χ0n) is 6.44. The molecular formula is C7H8N2O3. The number of nitrogen functional groups attached to an aromatic ring is 1. The van der Waals surface area contributed by atoms with E-state index in [1.165, 1.54) is 13.2 Å². The van der Waals surface area contributed by atoms with E-state index in [9.17, 15) is 9.59 Å². The molecule has 0 aliphatic rings. The Hall–Kier alpha value is -1.78. The third-order valence-corrected chi connectivity index (χ3v) is 1.46. The van der Waals surface area contributed by atoms with Gasteiger partial charge in [-0.25, -0.2) is 4.79 Å². The van der Waals surface area contributed by atoms with E-state index in [4.69, 9.17) is 10.8 Å². The average Bonchev–Trinajstić information content (AvgIpc) is 1.99. The highest BCUT2D eigenvalue weighted by molar-refractivity contribution is 5.88. The first-order valence-electron chi connectivity index (χ1n) is 3.22. The SMILES string of the molecule is Cn1cc(C(=O)O)cc(N)c1=O.